The molecule has 0 saturated carbocycles. The number of nitrogens with zero attached hydrogens (tertiary/aromatic N) is 3. The average molecular weight is 371 g/mol. The first kappa shape index (κ1) is 16.9. The molecule has 0 bridgehead atoms. The summed E-state index contributed by atoms with van der Waals surface area (Å²) in [6, 6.07) is 6.02. The number of aromatic nitrogens is 2. The first-order valence-electron chi connectivity index (χ1n) is 8.59. The molecule has 1 aliphatic heterocycles. The van der Waals surface area contributed by atoms with Crippen molar-refractivity contribution in [1.82, 2.24) is 14.5 Å². The zero-order valence-electron chi connectivity index (χ0n) is 14.3. The van der Waals surface area contributed by atoms with E-state index in [1.807, 2.05) is 4.90 Å². The van der Waals surface area contributed by atoms with E-state index < -0.39 is 11.4 Å². The lowest BCUT2D eigenvalue weighted by atomic mass is 9.98. The van der Waals surface area contributed by atoms with Crippen molar-refractivity contribution < 1.29 is 9.18 Å². The van der Waals surface area contributed by atoms with Gasteiger partial charge in [0.1, 0.15) is 12.4 Å². The molecule has 3 aromatic rings. The number of amides is 1. The first-order valence-corrected chi connectivity index (χ1v) is 9.47. The number of rotatable bonds is 3. The normalized spacial score (nSPS) is 16.7. The van der Waals surface area contributed by atoms with E-state index in [1.165, 1.54) is 39.5 Å². The summed E-state index contributed by atoms with van der Waals surface area (Å²) in [5.41, 5.74) is 1.24. The lowest BCUT2D eigenvalue weighted by Gasteiger charge is -2.35. The standard InChI is InChI=1S/C19H18FN3O2S/c1-2-16-13-6-8-26-17(13)5-7-23(16)18(24)10-22-11-21-15-4-3-12(20)9-14(15)19(22)25/h3-4,6,8-9,11,16H,2,5,7,10H2,1H3. The van der Waals surface area contributed by atoms with Crippen LogP contribution in [0.1, 0.15) is 29.8 Å². The summed E-state index contributed by atoms with van der Waals surface area (Å²) < 4.78 is 14.7. The third kappa shape index (κ3) is 2.82. The molecule has 5 nitrogen and oxygen atoms in total. The van der Waals surface area contributed by atoms with Gasteiger partial charge >= 0.3 is 0 Å². The SMILES string of the molecule is CCC1c2ccsc2CCN1C(=O)Cn1cnc2ccc(F)cc2c1=O. The second-order valence-corrected chi connectivity index (χ2v) is 7.40. The van der Waals surface area contributed by atoms with Crippen LogP contribution in [0.2, 0.25) is 0 Å². The molecule has 7 heteroatoms. The molecule has 134 valence electrons. The van der Waals surface area contributed by atoms with Gasteiger partial charge in [-0.25, -0.2) is 9.37 Å². The lowest BCUT2D eigenvalue weighted by molar-refractivity contribution is -0.134. The summed E-state index contributed by atoms with van der Waals surface area (Å²) in [6.45, 7) is 2.62. The maximum absolute atomic E-state index is 13.5. The molecule has 26 heavy (non-hydrogen) atoms. The summed E-state index contributed by atoms with van der Waals surface area (Å²) in [6.07, 6.45) is 3.03. The molecule has 1 atom stereocenters. The van der Waals surface area contributed by atoms with Crippen molar-refractivity contribution in [1.29, 1.82) is 0 Å². The van der Waals surface area contributed by atoms with Crippen molar-refractivity contribution in [3.63, 3.8) is 0 Å². The van der Waals surface area contributed by atoms with E-state index in [0.29, 0.717) is 12.1 Å². The van der Waals surface area contributed by atoms with Gasteiger partial charge in [0.05, 0.1) is 23.3 Å². The summed E-state index contributed by atoms with van der Waals surface area (Å²) in [7, 11) is 0. The van der Waals surface area contributed by atoms with Crippen LogP contribution in [0, 0.1) is 5.82 Å². The van der Waals surface area contributed by atoms with Gasteiger partial charge in [0.15, 0.2) is 0 Å². The highest BCUT2D eigenvalue weighted by molar-refractivity contribution is 7.10. The number of benzene rings is 1. The van der Waals surface area contributed by atoms with E-state index in [0.717, 1.165) is 12.8 Å². The highest BCUT2D eigenvalue weighted by atomic mass is 32.1. The highest BCUT2D eigenvalue weighted by Crippen LogP contribution is 2.35. The Morgan fingerprint density at radius 2 is 2.23 bits per heavy atom. The van der Waals surface area contributed by atoms with Gasteiger partial charge < -0.3 is 4.90 Å². The zero-order chi connectivity index (χ0) is 18.3. The summed E-state index contributed by atoms with van der Waals surface area (Å²) in [4.78, 5) is 32.8. The van der Waals surface area contributed by atoms with E-state index in [2.05, 4.69) is 23.4 Å². The van der Waals surface area contributed by atoms with Gasteiger partial charge in [-0.05, 0) is 48.1 Å². The fourth-order valence-corrected chi connectivity index (χ4v) is 4.54. The number of thiophene rings is 1. The van der Waals surface area contributed by atoms with Crippen molar-refractivity contribution in [3.8, 4) is 0 Å². The minimum atomic E-state index is -0.493. The van der Waals surface area contributed by atoms with Gasteiger partial charge in [-0.1, -0.05) is 6.92 Å². The number of carbonyl (C=O) groups is 1. The minimum Gasteiger partial charge on any atom is -0.334 e. The summed E-state index contributed by atoms with van der Waals surface area (Å²) >= 11 is 1.73. The third-order valence-corrected chi connectivity index (χ3v) is 5.89. The Labute approximate surface area is 153 Å². The van der Waals surface area contributed by atoms with E-state index in [1.54, 1.807) is 11.3 Å². The zero-order valence-corrected chi connectivity index (χ0v) is 15.1. The van der Waals surface area contributed by atoms with Crippen LogP contribution in [0.25, 0.3) is 10.9 Å². The number of hydrogen-bond acceptors (Lipinski definition) is 4. The Balaban J connectivity index is 1.63. The van der Waals surface area contributed by atoms with Crippen LogP contribution in [-0.4, -0.2) is 26.9 Å². The topological polar surface area (TPSA) is 55.2 Å². The van der Waals surface area contributed by atoms with Crippen LogP contribution in [0.4, 0.5) is 4.39 Å². The lowest BCUT2D eigenvalue weighted by Crippen LogP contribution is -2.42. The monoisotopic (exact) mass is 371 g/mol. The fraction of sp³-hybridized carbons (Fsp3) is 0.316. The van der Waals surface area contributed by atoms with Crippen molar-refractivity contribution in [2.24, 2.45) is 0 Å². The van der Waals surface area contributed by atoms with Crippen LogP contribution >= 0.6 is 11.3 Å². The predicted molar refractivity (Wildman–Crippen MR) is 98.7 cm³/mol. The maximum atomic E-state index is 13.5. The second-order valence-electron chi connectivity index (χ2n) is 6.40. The van der Waals surface area contributed by atoms with Crippen molar-refractivity contribution in [3.05, 3.63) is 62.6 Å². The third-order valence-electron chi connectivity index (χ3n) is 4.89. The Morgan fingerprint density at radius 1 is 1.38 bits per heavy atom. The van der Waals surface area contributed by atoms with Gasteiger partial charge in [0.2, 0.25) is 5.91 Å². The molecule has 2 aromatic heterocycles. The molecule has 0 radical (unpaired) electrons. The number of carbonyl (C=O) groups excluding carboxylic acids is 1. The van der Waals surface area contributed by atoms with Gasteiger partial charge in [-0.3, -0.25) is 14.2 Å². The summed E-state index contributed by atoms with van der Waals surface area (Å²) in [5, 5.41) is 2.25. The number of fused-ring (bicyclic) bond motifs is 2. The van der Waals surface area contributed by atoms with Crippen LogP contribution in [0.15, 0.2) is 40.8 Å². The molecule has 0 spiro atoms. The molecule has 1 amide bonds. The molecule has 1 aliphatic rings. The van der Waals surface area contributed by atoms with Gasteiger partial charge in [-0.15, -0.1) is 11.3 Å². The minimum absolute atomic E-state index is 0.0408. The Hall–Kier alpha value is -2.54. The van der Waals surface area contributed by atoms with E-state index in [4.69, 9.17) is 0 Å². The van der Waals surface area contributed by atoms with E-state index >= 15 is 0 Å². The maximum Gasteiger partial charge on any atom is 0.261 e. The van der Waals surface area contributed by atoms with Crippen molar-refractivity contribution in [2.45, 2.75) is 32.4 Å². The smallest absolute Gasteiger partial charge is 0.261 e. The van der Waals surface area contributed by atoms with Crippen LogP contribution in [0.3, 0.4) is 0 Å². The largest absolute Gasteiger partial charge is 0.334 e. The van der Waals surface area contributed by atoms with E-state index in [-0.39, 0.29) is 23.9 Å². The average Bonchev–Trinajstić information content (AvgIpc) is 3.12. The molecule has 0 aliphatic carbocycles. The van der Waals surface area contributed by atoms with Crippen molar-refractivity contribution in [2.75, 3.05) is 6.54 Å². The number of halogens is 1. The quantitative estimate of drug-likeness (QED) is 0.711. The van der Waals surface area contributed by atoms with Crippen LogP contribution in [0.5, 0.6) is 0 Å². The molecule has 0 saturated heterocycles. The first-order chi connectivity index (χ1) is 12.6. The highest BCUT2D eigenvalue weighted by Gasteiger charge is 2.30. The van der Waals surface area contributed by atoms with Crippen LogP contribution in [-0.2, 0) is 17.8 Å². The molecule has 1 unspecified atom stereocenters. The fourth-order valence-electron chi connectivity index (χ4n) is 3.62. The van der Waals surface area contributed by atoms with Gasteiger partial charge in [0, 0.05) is 11.4 Å². The van der Waals surface area contributed by atoms with Gasteiger partial charge in [0.25, 0.3) is 5.56 Å². The Bertz CT molecular complexity index is 1040. The van der Waals surface area contributed by atoms with E-state index in [9.17, 15) is 14.0 Å². The van der Waals surface area contributed by atoms with Gasteiger partial charge in [-0.2, -0.15) is 0 Å². The molecule has 0 fully saturated rings. The molecular weight excluding hydrogens is 353 g/mol. The Kier molecular flexibility index (Phi) is 4.32. The second kappa shape index (κ2) is 6.64. The van der Waals surface area contributed by atoms with Crippen molar-refractivity contribution >= 4 is 28.1 Å². The summed E-state index contributed by atoms with van der Waals surface area (Å²) in [5.74, 6) is -0.610. The molecule has 3 heterocycles. The molecular formula is C19H18FN3O2S. The predicted octanol–water partition coefficient (Wildman–Crippen LogP) is 3.13. The Morgan fingerprint density at radius 3 is 3.04 bits per heavy atom. The molecule has 4 rings (SSSR count). The van der Waals surface area contributed by atoms with Crippen LogP contribution < -0.4 is 5.56 Å². The molecule has 0 N–H and O–H groups in total. The number of hydrogen-bond donors (Lipinski definition) is 0. The molecule has 1 aromatic carbocycles.